The summed E-state index contributed by atoms with van der Waals surface area (Å²) in [6.07, 6.45) is 1.33. The van der Waals surface area contributed by atoms with Gasteiger partial charge in [-0.3, -0.25) is 0 Å². The Bertz CT molecular complexity index is 244. The van der Waals surface area contributed by atoms with E-state index in [9.17, 15) is 0 Å². The van der Waals surface area contributed by atoms with Gasteiger partial charge in [0.1, 0.15) is 0 Å². The first-order chi connectivity index (χ1) is 5.27. The number of nitrogens with zero attached hydrogens (tertiary/aromatic N) is 2. The Kier molecular flexibility index (Phi) is 1.60. The van der Waals surface area contributed by atoms with Crippen molar-refractivity contribution in [2.75, 3.05) is 18.0 Å². The average molecular weight is 168 g/mol. The number of aryl methyl sites for hydroxylation is 2. The van der Waals surface area contributed by atoms with Crippen LogP contribution in [0.2, 0.25) is 0 Å². The van der Waals surface area contributed by atoms with Gasteiger partial charge >= 0.3 is 0 Å². The van der Waals surface area contributed by atoms with Gasteiger partial charge in [-0.2, -0.15) is 0 Å². The molecule has 1 aromatic rings. The van der Waals surface area contributed by atoms with Crippen molar-refractivity contribution >= 4 is 16.5 Å². The van der Waals surface area contributed by atoms with E-state index in [1.54, 1.807) is 0 Å². The molecule has 0 bridgehead atoms. The number of rotatable bonds is 1. The molecule has 1 aliphatic heterocycles. The van der Waals surface area contributed by atoms with Gasteiger partial charge in [0, 0.05) is 18.0 Å². The van der Waals surface area contributed by atoms with E-state index in [0.29, 0.717) is 0 Å². The maximum Gasteiger partial charge on any atom is 0.185 e. The summed E-state index contributed by atoms with van der Waals surface area (Å²) in [5.74, 6) is 0. The number of hydrogen-bond donors (Lipinski definition) is 0. The summed E-state index contributed by atoms with van der Waals surface area (Å²) in [7, 11) is 0. The number of aromatic nitrogens is 1. The zero-order valence-corrected chi connectivity index (χ0v) is 7.74. The summed E-state index contributed by atoms with van der Waals surface area (Å²) in [6, 6.07) is 0. The van der Waals surface area contributed by atoms with Crippen LogP contribution in [0.3, 0.4) is 0 Å². The van der Waals surface area contributed by atoms with E-state index in [-0.39, 0.29) is 0 Å². The quantitative estimate of drug-likeness (QED) is 0.637. The van der Waals surface area contributed by atoms with Gasteiger partial charge in [-0.25, -0.2) is 4.98 Å². The molecule has 0 atom stereocenters. The average Bonchev–Trinajstić information content (AvgIpc) is 2.08. The largest absolute Gasteiger partial charge is 0.348 e. The maximum atomic E-state index is 4.48. The summed E-state index contributed by atoms with van der Waals surface area (Å²) >= 11 is 1.81. The van der Waals surface area contributed by atoms with E-state index in [1.165, 1.54) is 35.2 Å². The zero-order valence-electron chi connectivity index (χ0n) is 6.92. The summed E-state index contributed by atoms with van der Waals surface area (Å²) in [5.41, 5.74) is 1.19. The fourth-order valence-corrected chi connectivity index (χ4v) is 2.06. The topological polar surface area (TPSA) is 16.1 Å². The molecule has 2 rings (SSSR count). The third kappa shape index (κ3) is 1.13. The van der Waals surface area contributed by atoms with E-state index in [2.05, 4.69) is 23.7 Å². The van der Waals surface area contributed by atoms with Crippen LogP contribution in [0.4, 0.5) is 5.13 Å². The van der Waals surface area contributed by atoms with Gasteiger partial charge in [-0.05, 0) is 20.3 Å². The normalized spacial score (nSPS) is 16.7. The van der Waals surface area contributed by atoms with E-state index in [4.69, 9.17) is 0 Å². The van der Waals surface area contributed by atoms with E-state index in [0.717, 1.165) is 0 Å². The lowest BCUT2D eigenvalue weighted by molar-refractivity contribution is 0.615. The molecule has 1 saturated heterocycles. The van der Waals surface area contributed by atoms with E-state index in [1.807, 2.05) is 11.3 Å². The highest BCUT2D eigenvalue weighted by molar-refractivity contribution is 7.15. The summed E-state index contributed by atoms with van der Waals surface area (Å²) < 4.78 is 0. The van der Waals surface area contributed by atoms with Crippen LogP contribution in [-0.4, -0.2) is 18.1 Å². The third-order valence-corrected chi connectivity index (χ3v) is 3.28. The fraction of sp³-hybridized carbons (Fsp3) is 0.625. The lowest BCUT2D eigenvalue weighted by atomic mass is 10.2. The molecule has 60 valence electrons. The minimum atomic E-state index is 1.19. The lowest BCUT2D eigenvalue weighted by Crippen LogP contribution is -2.36. The van der Waals surface area contributed by atoms with Crippen molar-refractivity contribution in [3.8, 4) is 0 Å². The molecular formula is C8H12N2S. The first-order valence-corrected chi connectivity index (χ1v) is 4.78. The van der Waals surface area contributed by atoms with Crippen LogP contribution < -0.4 is 4.90 Å². The van der Waals surface area contributed by atoms with E-state index < -0.39 is 0 Å². The van der Waals surface area contributed by atoms with Crippen LogP contribution in [0.15, 0.2) is 0 Å². The van der Waals surface area contributed by atoms with Gasteiger partial charge in [0.15, 0.2) is 5.13 Å². The minimum Gasteiger partial charge on any atom is -0.348 e. The highest BCUT2D eigenvalue weighted by atomic mass is 32.1. The van der Waals surface area contributed by atoms with Crippen LogP contribution in [0, 0.1) is 13.8 Å². The second-order valence-electron chi connectivity index (χ2n) is 2.98. The molecule has 11 heavy (non-hydrogen) atoms. The zero-order chi connectivity index (χ0) is 7.84. The van der Waals surface area contributed by atoms with Gasteiger partial charge in [0.2, 0.25) is 0 Å². The van der Waals surface area contributed by atoms with Gasteiger partial charge in [-0.1, -0.05) is 0 Å². The molecule has 0 aliphatic carbocycles. The lowest BCUT2D eigenvalue weighted by Gasteiger charge is -2.30. The Morgan fingerprint density at radius 1 is 1.36 bits per heavy atom. The first kappa shape index (κ1) is 7.10. The summed E-state index contributed by atoms with van der Waals surface area (Å²) in [5, 5.41) is 1.21. The maximum absolute atomic E-state index is 4.48. The predicted molar refractivity (Wildman–Crippen MR) is 48.4 cm³/mol. The molecule has 0 N–H and O–H groups in total. The smallest absolute Gasteiger partial charge is 0.185 e. The second kappa shape index (κ2) is 2.48. The molecule has 0 unspecified atom stereocenters. The van der Waals surface area contributed by atoms with E-state index >= 15 is 0 Å². The molecule has 0 amide bonds. The van der Waals surface area contributed by atoms with Crippen molar-refractivity contribution in [1.29, 1.82) is 0 Å². The third-order valence-electron chi connectivity index (χ3n) is 2.14. The Labute approximate surface area is 70.9 Å². The Morgan fingerprint density at radius 3 is 2.45 bits per heavy atom. The van der Waals surface area contributed by atoms with Crippen molar-refractivity contribution in [2.45, 2.75) is 20.3 Å². The van der Waals surface area contributed by atoms with Crippen molar-refractivity contribution < 1.29 is 0 Å². The molecule has 0 saturated carbocycles. The van der Waals surface area contributed by atoms with Crippen molar-refractivity contribution in [3.63, 3.8) is 0 Å². The Morgan fingerprint density at radius 2 is 2.09 bits per heavy atom. The standard InChI is InChI=1S/C8H12N2S/c1-6-7(2)11-8(9-6)10-4-3-5-10/h3-5H2,1-2H3. The molecule has 0 radical (unpaired) electrons. The Balaban J connectivity index is 2.24. The van der Waals surface area contributed by atoms with Crippen LogP contribution in [0.25, 0.3) is 0 Å². The van der Waals surface area contributed by atoms with Gasteiger partial charge < -0.3 is 4.90 Å². The summed E-state index contributed by atoms with van der Waals surface area (Å²) in [4.78, 5) is 8.17. The van der Waals surface area contributed by atoms with Crippen LogP contribution in [0.5, 0.6) is 0 Å². The van der Waals surface area contributed by atoms with Gasteiger partial charge in [0.05, 0.1) is 5.69 Å². The van der Waals surface area contributed by atoms with Gasteiger partial charge in [-0.15, -0.1) is 11.3 Å². The highest BCUT2D eigenvalue weighted by Crippen LogP contribution is 2.27. The molecule has 0 spiro atoms. The first-order valence-electron chi connectivity index (χ1n) is 3.96. The molecule has 2 heterocycles. The molecule has 0 aromatic carbocycles. The monoisotopic (exact) mass is 168 g/mol. The number of thiazole rings is 1. The van der Waals surface area contributed by atoms with Crippen molar-refractivity contribution in [1.82, 2.24) is 4.98 Å². The van der Waals surface area contributed by atoms with Crippen molar-refractivity contribution in [2.24, 2.45) is 0 Å². The molecule has 2 nitrogen and oxygen atoms in total. The molecule has 3 heteroatoms. The van der Waals surface area contributed by atoms with Crippen LogP contribution >= 0.6 is 11.3 Å². The minimum absolute atomic E-state index is 1.19. The number of hydrogen-bond acceptors (Lipinski definition) is 3. The highest BCUT2D eigenvalue weighted by Gasteiger charge is 2.17. The van der Waals surface area contributed by atoms with Crippen molar-refractivity contribution in [3.05, 3.63) is 10.6 Å². The van der Waals surface area contributed by atoms with Gasteiger partial charge in [0.25, 0.3) is 0 Å². The molecular weight excluding hydrogens is 156 g/mol. The SMILES string of the molecule is Cc1nc(N2CCC2)sc1C. The number of anilines is 1. The molecule has 1 aliphatic rings. The fourth-order valence-electron chi connectivity index (χ4n) is 1.10. The second-order valence-corrected chi connectivity index (χ2v) is 4.16. The Hall–Kier alpha value is -0.570. The van der Waals surface area contributed by atoms with Crippen LogP contribution in [-0.2, 0) is 0 Å². The van der Waals surface area contributed by atoms with Crippen LogP contribution in [0.1, 0.15) is 17.0 Å². The molecule has 1 fully saturated rings. The molecule has 1 aromatic heterocycles. The summed E-state index contributed by atoms with van der Waals surface area (Å²) in [6.45, 7) is 6.62. The predicted octanol–water partition coefficient (Wildman–Crippen LogP) is 1.97.